The summed E-state index contributed by atoms with van der Waals surface area (Å²) < 4.78 is 5.90. The van der Waals surface area contributed by atoms with Crippen molar-refractivity contribution in [1.82, 2.24) is 15.2 Å². The van der Waals surface area contributed by atoms with Gasteiger partial charge in [0.1, 0.15) is 11.5 Å². The molecule has 0 fully saturated rings. The van der Waals surface area contributed by atoms with Crippen molar-refractivity contribution >= 4 is 40.4 Å². The monoisotopic (exact) mass is 496 g/mol. The van der Waals surface area contributed by atoms with Gasteiger partial charge in [-0.1, -0.05) is 35.9 Å². The zero-order valence-corrected chi connectivity index (χ0v) is 20.7. The fourth-order valence-electron chi connectivity index (χ4n) is 3.42. The Morgan fingerprint density at radius 1 is 1.09 bits per heavy atom. The highest BCUT2D eigenvalue weighted by molar-refractivity contribution is 6.32. The van der Waals surface area contributed by atoms with E-state index in [9.17, 15) is 14.7 Å². The van der Waals surface area contributed by atoms with E-state index in [1.165, 1.54) is 24.4 Å². The first-order valence-electron chi connectivity index (χ1n) is 11.2. The van der Waals surface area contributed by atoms with E-state index in [1.54, 1.807) is 11.0 Å². The highest BCUT2D eigenvalue weighted by atomic mass is 35.5. The predicted octanol–water partition coefficient (Wildman–Crippen LogP) is 3.75. The Bertz CT molecular complexity index is 1230. The van der Waals surface area contributed by atoms with E-state index in [-0.39, 0.29) is 28.8 Å². The number of halogens is 1. The number of amides is 2. The van der Waals surface area contributed by atoms with Crippen LogP contribution in [0, 0.1) is 0 Å². The van der Waals surface area contributed by atoms with Gasteiger partial charge in [0, 0.05) is 36.1 Å². The van der Waals surface area contributed by atoms with Crippen molar-refractivity contribution in [3.8, 4) is 11.5 Å². The molecule has 8 nitrogen and oxygen atoms in total. The van der Waals surface area contributed by atoms with Crippen LogP contribution in [0.4, 0.5) is 0 Å². The van der Waals surface area contributed by atoms with Crippen molar-refractivity contribution in [3.05, 3.63) is 70.7 Å². The van der Waals surface area contributed by atoms with Crippen LogP contribution in [-0.4, -0.2) is 73.3 Å². The van der Waals surface area contributed by atoms with Gasteiger partial charge in [-0.25, -0.2) is 5.43 Å². The number of nitrogens with zero attached hydrogens (tertiary/aromatic N) is 3. The minimum Gasteiger partial charge on any atom is -0.506 e. The van der Waals surface area contributed by atoms with E-state index < -0.39 is 5.91 Å². The number of phenols is 1. The molecule has 184 valence electrons. The molecule has 0 aliphatic rings. The van der Waals surface area contributed by atoms with Crippen LogP contribution in [0.3, 0.4) is 0 Å². The molecule has 0 unspecified atom stereocenters. The topological polar surface area (TPSA) is 94.5 Å². The number of nitrogens with one attached hydrogen (secondary N) is 1. The van der Waals surface area contributed by atoms with E-state index in [0.29, 0.717) is 18.8 Å². The Kier molecular flexibility index (Phi) is 9.05. The summed E-state index contributed by atoms with van der Waals surface area (Å²) in [6.07, 6.45) is 1.54. The standard InChI is InChI=1S/C26H29ClN4O4/c1-4-31(14-13-30(2)3)25(33)17-35-24-12-10-19(20-7-5-6-8-21(20)24)16-28-29-26(34)18-9-11-23(32)22(27)15-18/h5-12,15-16,32H,4,13-14,17H2,1-3H3,(H,29,34)/b28-16+. The highest BCUT2D eigenvalue weighted by Gasteiger charge is 2.14. The Labute approximate surface area is 209 Å². The first-order valence-corrected chi connectivity index (χ1v) is 11.6. The third-order valence-corrected chi connectivity index (χ3v) is 5.70. The molecule has 2 N–H and O–H groups in total. The minimum atomic E-state index is -0.458. The van der Waals surface area contributed by atoms with Gasteiger partial charge in [-0.15, -0.1) is 0 Å². The average Bonchev–Trinajstić information content (AvgIpc) is 2.85. The number of aromatic hydroxyl groups is 1. The van der Waals surface area contributed by atoms with Crippen molar-refractivity contribution < 1.29 is 19.4 Å². The van der Waals surface area contributed by atoms with Crippen LogP contribution in [0.1, 0.15) is 22.8 Å². The van der Waals surface area contributed by atoms with E-state index in [0.717, 1.165) is 22.9 Å². The number of hydrogen-bond donors (Lipinski definition) is 2. The smallest absolute Gasteiger partial charge is 0.271 e. The van der Waals surface area contributed by atoms with Gasteiger partial charge in [-0.3, -0.25) is 9.59 Å². The van der Waals surface area contributed by atoms with Crippen LogP contribution in [0.2, 0.25) is 5.02 Å². The fraction of sp³-hybridized carbons (Fsp3) is 0.269. The molecular formula is C26H29ClN4O4. The van der Waals surface area contributed by atoms with Gasteiger partial charge in [-0.05, 0) is 56.7 Å². The second-order valence-electron chi connectivity index (χ2n) is 8.13. The lowest BCUT2D eigenvalue weighted by atomic mass is 10.0. The quantitative estimate of drug-likeness (QED) is 0.329. The normalized spacial score (nSPS) is 11.2. The molecule has 2 amide bonds. The number of hydrazone groups is 1. The predicted molar refractivity (Wildman–Crippen MR) is 138 cm³/mol. The zero-order chi connectivity index (χ0) is 25.4. The third kappa shape index (κ3) is 6.94. The minimum absolute atomic E-state index is 0.0516. The molecule has 0 aliphatic carbocycles. The summed E-state index contributed by atoms with van der Waals surface area (Å²) in [7, 11) is 3.94. The molecule has 3 aromatic carbocycles. The Hall–Kier alpha value is -3.62. The van der Waals surface area contributed by atoms with Crippen molar-refractivity contribution in [3.63, 3.8) is 0 Å². The van der Waals surface area contributed by atoms with Crippen LogP contribution >= 0.6 is 11.6 Å². The summed E-state index contributed by atoms with van der Waals surface area (Å²) in [6, 6.07) is 15.4. The lowest BCUT2D eigenvalue weighted by Gasteiger charge is -2.23. The summed E-state index contributed by atoms with van der Waals surface area (Å²) in [6.45, 7) is 3.95. The third-order valence-electron chi connectivity index (χ3n) is 5.40. The zero-order valence-electron chi connectivity index (χ0n) is 20.0. The first kappa shape index (κ1) is 26.0. The number of fused-ring (bicyclic) bond motifs is 1. The largest absolute Gasteiger partial charge is 0.506 e. The molecule has 0 aliphatic heterocycles. The molecule has 0 bridgehead atoms. The van der Waals surface area contributed by atoms with Gasteiger partial charge in [0.2, 0.25) is 0 Å². The lowest BCUT2D eigenvalue weighted by Crippen LogP contribution is -2.39. The molecule has 3 rings (SSSR count). The molecule has 0 saturated carbocycles. The maximum absolute atomic E-state index is 12.6. The molecule has 0 radical (unpaired) electrons. The van der Waals surface area contributed by atoms with E-state index in [2.05, 4.69) is 10.5 Å². The summed E-state index contributed by atoms with van der Waals surface area (Å²) in [5.41, 5.74) is 3.50. The lowest BCUT2D eigenvalue weighted by molar-refractivity contribution is -0.133. The van der Waals surface area contributed by atoms with Gasteiger partial charge in [0.15, 0.2) is 6.61 Å². The maximum Gasteiger partial charge on any atom is 0.271 e. The van der Waals surface area contributed by atoms with Gasteiger partial charge in [0.25, 0.3) is 11.8 Å². The van der Waals surface area contributed by atoms with Crippen LogP contribution in [-0.2, 0) is 4.79 Å². The second-order valence-corrected chi connectivity index (χ2v) is 8.54. The summed E-state index contributed by atoms with van der Waals surface area (Å²) in [5, 5.41) is 15.3. The molecule has 0 atom stereocenters. The van der Waals surface area contributed by atoms with Crippen molar-refractivity contribution in [2.45, 2.75) is 6.92 Å². The average molecular weight is 497 g/mol. The molecule has 35 heavy (non-hydrogen) atoms. The number of benzene rings is 3. The van der Waals surface area contributed by atoms with Gasteiger partial charge in [-0.2, -0.15) is 5.10 Å². The molecule has 0 saturated heterocycles. The molecular weight excluding hydrogens is 468 g/mol. The van der Waals surface area contributed by atoms with Crippen LogP contribution in [0.15, 0.2) is 59.7 Å². The summed E-state index contributed by atoms with van der Waals surface area (Å²) in [4.78, 5) is 28.7. The second kappa shape index (κ2) is 12.2. The SMILES string of the molecule is CCN(CCN(C)C)C(=O)COc1ccc(/C=N/NC(=O)c2ccc(O)c(Cl)c2)c2ccccc12. The summed E-state index contributed by atoms with van der Waals surface area (Å²) in [5.74, 6) is -0.0301. The molecule has 9 heteroatoms. The summed E-state index contributed by atoms with van der Waals surface area (Å²) >= 11 is 5.86. The van der Waals surface area contributed by atoms with Crippen molar-refractivity contribution in [2.24, 2.45) is 5.10 Å². The van der Waals surface area contributed by atoms with Crippen molar-refractivity contribution in [2.75, 3.05) is 40.3 Å². The van der Waals surface area contributed by atoms with Gasteiger partial charge in [0.05, 0.1) is 11.2 Å². The van der Waals surface area contributed by atoms with Crippen LogP contribution < -0.4 is 10.2 Å². The van der Waals surface area contributed by atoms with E-state index in [1.807, 2.05) is 56.3 Å². The first-order chi connectivity index (χ1) is 16.8. The fourth-order valence-corrected chi connectivity index (χ4v) is 3.60. The highest BCUT2D eigenvalue weighted by Crippen LogP contribution is 2.28. The maximum atomic E-state index is 12.6. The number of carbonyl (C=O) groups is 2. The number of carbonyl (C=O) groups excluding carboxylic acids is 2. The van der Waals surface area contributed by atoms with Gasteiger partial charge < -0.3 is 19.6 Å². The Balaban J connectivity index is 1.70. The molecule has 0 aromatic heterocycles. The van der Waals surface area contributed by atoms with Crippen LogP contribution in [0.5, 0.6) is 11.5 Å². The number of ether oxygens (including phenoxy) is 1. The van der Waals surface area contributed by atoms with Gasteiger partial charge >= 0.3 is 0 Å². The van der Waals surface area contributed by atoms with Crippen LogP contribution in [0.25, 0.3) is 10.8 Å². The number of likely N-dealkylation sites (N-methyl/N-ethyl adjacent to an activating group) is 2. The van der Waals surface area contributed by atoms with E-state index >= 15 is 0 Å². The number of hydrogen-bond acceptors (Lipinski definition) is 6. The molecule has 0 spiro atoms. The number of phenolic OH excluding ortho intramolecular Hbond substituents is 1. The van der Waals surface area contributed by atoms with E-state index in [4.69, 9.17) is 16.3 Å². The Morgan fingerprint density at radius 3 is 2.51 bits per heavy atom. The molecule has 3 aromatic rings. The number of rotatable bonds is 10. The molecule has 0 heterocycles. The Morgan fingerprint density at radius 2 is 1.83 bits per heavy atom. The van der Waals surface area contributed by atoms with Crippen molar-refractivity contribution in [1.29, 1.82) is 0 Å².